The van der Waals surface area contributed by atoms with Crippen LogP contribution in [0.25, 0.3) is 0 Å². The summed E-state index contributed by atoms with van der Waals surface area (Å²) >= 11 is 11.6. The van der Waals surface area contributed by atoms with Crippen molar-refractivity contribution in [2.45, 2.75) is 11.8 Å². The van der Waals surface area contributed by atoms with Crippen LogP contribution in [0.4, 0.5) is 5.69 Å². The second kappa shape index (κ2) is 6.09. The Bertz CT molecular complexity index is 779. The zero-order valence-corrected chi connectivity index (χ0v) is 13.6. The maximum Gasteiger partial charge on any atom is 0.265 e. The molecule has 5 nitrogen and oxygen atoms in total. The number of nitrogens with one attached hydrogen (secondary N) is 1. The van der Waals surface area contributed by atoms with Crippen LogP contribution in [0.2, 0.25) is 10.2 Å². The Morgan fingerprint density at radius 1 is 1.24 bits per heavy atom. The van der Waals surface area contributed by atoms with E-state index in [2.05, 4.69) is 9.71 Å². The number of nitrogens with zero attached hydrogens (tertiary/aromatic N) is 1. The lowest BCUT2D eigenvalue weighted by atomic mass is 10.3. The molecule has 1 N–H and O–H groups in total. The van der Waals surface area contributed by atoms with Crippen LogP contribution in [-0.4, -0.2) is 20.5 Å². The summed E-state index contributed by atoms with van der Waals surface area (Å²) in [7, 11) is -2.45. The van der Waals surface area contributed by atoms with E-state index in [1.807, 2.05) is 0 Å². The van der Waals surface area contributed by atoms with Crippen molar-refractivity contribution in [3.8, 4) is 5.75 Å². The van der Waals surface area contributed by atoms with E-state index in [4.69, 9.17) is 27.9 Å². The van der Waals surface area contributed by atoms with Gasteiger partial charge in [-0.15, -0.1) is 0 Å². The quantitative estimate of drug-likeness (QED) is 0.860. The van der Waals surface area contributed by atoms with Gasteiger partial charge in [-0.05, 0) is 30.7 Å². The first-order chi connectivity index (χ1) is 9.83. The number of sulfonamides is 1. The van der Waals surface area contributed by atoms with E-state index in [0.29, 0.717) is 21.4 Å². The van der Waals surface area contributed by atoms with Crippen molar-refractivity contribution in [3.63, 3.8) is 0 Å². The molecule has 1 aromatic heterocycles. The molecule has 0 amide bonds. The Balaban J connectivity index is 2.40. The van der Waals surface area contributed by atoms with Crippen LogP contribution in [0.3, 0.4) is 0 Å². The number of halogens is 2. The van der Waals surface area contributed by atoms with Gasteiger partial charge in [0.1, 0.15) is 15.8 Å². The monoisotopic (exact) mass is 346 g/mol. The van der Waals surface area contributed by atoms with E-state index in [1.165, 1.54) is 31.5 Å². The summed E-state index contributed by atoms with van der Waals surface area (Å²) in [6, 6.07) is 5.88. The molecule has 21 heavy (non-hydrogen) atoms. The van der Waals surface area contributed by atoms with Gasteiger partial charge in [0.05, 0.1) is 19.0 Å². The third kappa shape index (κ3) is 3.58. The number of hydrogen-bond donors (Lipinski definition) is 1. The highest BCUT2D eigenvalue weighted by Crippen LogP contribution is 2.29. The number of benzene rings is 1. The van der Waals surface area contributed by atoms with Gasteiger partial charge in [-0.1, -0.05) is 23.2 Å². The van der Waals surface area contributed by atoms with Crippen LogP contribution >= 0.6 is 23.2 Å². The number of anilines is 1. The minimum atomic E-state index is -3.82. The number of hydrogen-bond acceptors (Lipinski definition) is 4. The van der Waals surface area contributed by atoms with Crippen molar-refractivity contribution < 1.29 is 13.2 Å². The molecule has 0 atom stereocenters. The third-order valence-electron chi connectivity index (χ3n) is 2.68. The molecular weight excluding hydrogens is 335 g/mol. The van der Waals surface area contributed by atoms with E-state index in [0.717, 1.165) is 0 Å². The second-order valence-electron chi connectivity index (χ2n) is 4.23. The molecule has 0 aliphatic heterocycles. The molecule has 112 valence electrons. The summed E-state index contributed by atoms with van der Waals surface area (Å²) in [5.74, 6) is 0.161. The van der Waals surface area contributed by atoms with Crippen molar-refractivity contribution >= 4 is 38.9 Å². The Kier molecular flexibility index (Phi) is 4.61. The molecule has 0 fully saturated rings. The van der Waals surface area contributed by atoms with Crippen LogP contribution < -0.4 is 9.46 Å². The Morgan fingerprint density at radius 3 is 2.57 bits per heavy atom. The summed E-state index contributed by atoms with van der Waals surface area (Å²) in [4.78, 5) is 3.89. The average Bonchev–Trinajstić information content (AvgIpc) is 2.42. The van der Waals surface area contributed by atoms with E-state index in [9.17, 15) is 8.42 Å². The fraction of sp³-hybridized carbons (Fsp3) is 0.154. The molecule has 0 aliphatic carbocycles. The predicted octanol–water partition coefficient (Wildman–Crippen LogP) is 3.51. The smallest absolute Gasteiger partial charge is 0.265 e. The zero-order chi connectivity index (χ0) is 15.6. The lowest BCUT2D eigenvalue weighted by Crippen LogP contribution is -2.14. The van der Waals surface area contributed by atoms with Crippen molar-refractivity contribution in [2.24, 2.45) is 0 Å². The summed E-state index contributed by atoms with van der Waals surface area (Å²) in [5, 5.41) is 0.705. The van der Waals surface area contributed by atoms with Crippen LogP contribution in [0.1, 0.15) is 5.56 Å². The molecule has 0 radical (unpaired) electrons. The van der Waals surface area contributed by atoms with Gasteiger partial charge in [0.2, 0.25) is 0 Å². The molecule has 8 heteroatoms. The number of aromatic nitrogens is 1. The number of ether oxygens (including phenoxy) is 1. The normalized spacial score (nSPS) is 11.2. The van der Waals surface area contributed by atoms with Gasteiger partial charge in [-0.3, -0.25) is 4.72 Å². The maximum atomic E-state index is 12.4. The molecular formula is C13H12Cl2N2O3S. The summed E-state index contributed by atoms with van der Waals surface area (Å²) in [6.45, 7) is 1.73. The standard InChI is InChI=1S/C13H12Cl2N2O3S/c1-8-5-10(7-16-13(8)15)17-21(18,19)12-4-3-9(14)6-11(12)20-2/h3-7,17H,1-2H3. The van der Waals surface area contributed by atoms with Crippen molar-refractivity contribution in [1.82, 2.24) is 4.98 Å². The largest absolute Gasteiger partial charge is 0.495 e. The number of aryl methyl sites for hydroxylation is 1. The van der Waals surface area contributed by atoms with Gasteiger partial charge in [-0.2, -0.15) is 0 Å². The molecule has 2 aromatic rings. The summed E-state index contributed by atoms with van der Waals surface area (Å²) in [6.07, 6.45) is 1.34. The highest BCUT2D eigenvalue weighted by Gasteiger charge is 2.20. The molecule has 0 unspecified atom stereocenters. The number of methoxy groups -OCH3 is 1. The van der Waals surface area contributed by atoms with Gasteiger partial charge in [-0.25, -0.2) is 13.4 Å². The molecule has 1 aromatic carbocycles. The molecule has 0 aliphatic rings. The minimum Gasteiger partial charge on any atom is -0.495 e. The van der Waals surface area contributed by atoms with Crippen molar-refractivity contribution in [3.05, 3.63) is 46.2 Å². The molecule has 2 rings (SSSR count). The minimum absolute atomic E-state index is 0.0120. The van der Waals surface area contributed by atoms with Crippen molar-refractivity contribution in [1.29, 1.82) is 0 Å². The fourth-order valence-electron chi connectivity index (χ4n) is 1.69. The van der Waals surface area contributed by atoms with E-state index in [1.54, 1.807) is 13.0 Å². The second-order valence-corrected chi connectivity index (χ2v) is 6.68. The Hall–Kier alpha value is -1.50. The van der Waals surface area contributed by atoms with Gasteiger partial charge >= 0.3 is 0 Å². The topological polar surface area (TPSA) is 68.3 Å². The third-order valence-corrected chi connectivity index (χ3v) is 4.73. The highest BCUT2D eigenvalue weighted by molar-refractivity contribution is 7.92. The van der Waals surface area contributed by atoms with E-state index >= 15 is 0 Å². The van der Waals surface area contributed by atoms with Crippen LogP contribution in [0, 0.1) is 6.92 Å². The molecule has 0 saturated heterocycles. The summed E-state index contributed by atoms with van der Waals surface area (Å²) < 4.78 is 32.3. The fourth-order valence-corrected chi connectivity index (χ4v) is 3.14. The van der Waals surface area contributed by atoms with Gasteiger partial charge < -0.3 is 4.74 Å². The summed E-state index contributed by atoms with van der Waals surface area (Å²) in [5.41, 5.74) is 0.980. The first-order valence-corrected chi connectivity index (χ1v) is 8.06. The van der Waals surface area contributed by atoms with Crippen LogP contribution in [0.5, 0.6) is 5.75 Å². The lowest BCUT2D eigenvalue weighted by molar-refractivity contribution is 0.403. The molecule has 0 bridgehead atoms. The van der Waals surface area contributed by atoms with Gasteiger partial charge in [0.15, 0.2) is 0 Å². The molecule has 0 spiro atoms. The lowest BCUT2D eigenvalue weighted by Gasteiger charge is -2.12. The van der Waals surface area contributed by atoms with Crippen LogP contribution in [-0.2, 0) is 10.0 Å². The van der Waals surface area contributed by atoms with E-state index < -0.39 is 10.0 Å². The maximum absolute atomic E-state index is 12.4. The average molecular weight is 347 g/mol. The SMILES string of the molecule is COc1cc(Cl)ccc1S(=O)(=O)Nc1cnc(Cl)c(C)c1. The van der Waals surface area contributed by atoms with Gasteiger partial charge in [0, 0.05) is 11.1 Å². The Labute approximate surface area is 132 Å². The highest BCUT2D eigenvalue weighted by atomic mass is 35.5. The number of pyridine rings is 1. The first-order valence-electron chi connectivity index (χ1n) is 5.82. The predicted molar refractivity (Wildman–Crippen MR) is 82.8 cm³/mol. The zero-order valence-electron chi connectivity index (χ0n) is 11.2. The Morgan fingerprint density at radius 2 is 1.95 bits per heavy atom. The first kappa shape index (κ1) is 15.9. The molecule has 1 heterocycles. The molecule has 0 saturated carbocycles. The van der Waals surface area contributed by atoms with Gasteiger partial charge in [0.25, 0.3) is 10.0 Å². The number of rotatable bonds is 4. The van der Waals surface area contributed by atoms with Crippen molar-refractivity contribution in [2.75, 3.05) is 11.8 Å². The van der Waals surface area contributed by atoms with E-state index in [-0.39, 0.29) is 10.6 Å². The van der Waals surface area contributed by atoms with Crippen LogP contribution in [0.15, 0.2) is 35.4 Å².